The van der Waals surface area contributed by atoms with Crippen LogP contribution in [0.25, 0.3) is 11.1 Å². The molecule has 0 spiro atoms. The Kier molecular flexibility index (Phi) is 3.14. The van der Waals surface area contributed by atoms with Crippen molar-refractivity contribution in [1.82, 2.24) is 0 Å². The van der Waals surface area contributed by atoms with Crippen LogP contribution in [0.4, 0.5) is 0 Å². The van der Waals surface area contributed by atoms with Gasteiger partial charge in [0, 0.05) is 11.1 Å². The van der Waals surface area contributed by atoms with Crippen LogP contribution >= 0.6 is 0 Å². The lowest BCUT2D eigenvalue weighted by atomic mass is 9.95. The van der Waals surface area contributed by atoms with E-state index >= 15 is 0 Å². The van der Waals surface area contributed by atoms with E-state index < -0.39 is 0 Å². The molecule has 3 nitrogen and oxygen atoms in total. The summed E-state index contributed by atoms with van der Waals surface area (Å²) in [6, 6.07) is 5.41. The lowest BCUT2D eigenvalue weighted by molar-refractivity contribution is 0.441. The molecule has 0 aliphatic carbocycles. The quantitative estimate of drug-likeness (QED) is 0.730. The summed E-state index contributed by atoms with van der Waals surface area (Å²) in [4.78, 5) is 0. The standard InChI is InChI=1S/C16H18O3/c1-8-5-12(6-9(2)14(8)17)13-7-10(3)15(18)11(4)16(13)19/h5-7,17-19H,1-4H3. The molecule has 0 saturated heterocycles. The predicted octanol–water partition coefficient (Wildman–Crippen LogP) is 3.70. The molecule has 0 heterocycles. The highest BCUT2D eigenvalue weighted by Crippen LogP contribution is 2.40. The number of phenolic OH excluding ortho intramolecular Hbond substituents is 3. The van der Waals surface area contributed by atoms with Crippen molar-refractivity contribution in [2.45, 2.75) is 27.7 Å². The van der Waals surface area contributed by atoms with Crippen molar-refractivity contribution in [3.63, 3.8) is 0 Å². The Bertz CT molecular complexity index is 635. The average Bonchev–Trinajstić information content (AvgIpc) is 2.37. The third-order valence-corrected chi connectivity index (χ3v) is 3.50. The van der Waals surface area contributed by atoms with Gasteiger partial charge in [0.15, 0.2) is 0 Å². The second-order valence-electron chi connectivity index (χ2n) is 5.02. The fraction of sp³-hybridized carbons (Fsp3) is 0.250. The molecule has 0 unspecified atom stereocenters. The topological polar surface area (TPSA) is 60.7 Å². The maximum atomic E-state index is 10.2. The average molecular weight is 258 g/mol. The fourth-order valence-corrected chi connectivity index (χ4v) is 2.29. The molecular weight excluding hydrogens is 240 g/mol. The summed E-state index contributed by atoms with van der Waals surface area (Å²) in [5.41, 5.74) is 4.21. The molecule has 0 radical (unpaired) electrons. The molecule has 3 N–H and O–H groups in total. The summed E-state index contributed by atoms with van der Waals surface area (Å²) < 4.78 is 0. The van der Waals surface area contributed by atoms with E-state index in [0.717, 1.165) is 16.7 Å². The Morgan fingerprint density at radius 3 is 1.63 bits per heavy atom. The Morgan fingerprint density at radius 1 is 0.632 bits per heavy atom. The predicted molar refractivity (Wildman–Crippen MR) is 75.8 cm³/mol. The van der Waals surface area contributed by atoms with E-state index in [0.29, 0.717) is 16.7 Å². The third-order valence-electron chi connectivity index (χ3n) is 3.50. The molecule has 0 saturated carbocycles. The van der Waals surface area contributed by atoms with E-state index in [-0.39, 0.29) is 17.2 Å². The van der Waals surface area contributed by atoms with E-state index in [9.17, 15) is 15.3 Å². The van der Waals surface area contributed by atoms with Gasteiger partial charge in [-0.1, -0.05) is 0 Å². The van der Waals surface area contributed by atoms with Crippen LogP contribution in [0.2, 0.25) is 0 Å². The molecule has 0 aromatic heterocycles. The lowest BCUT2D eigenvalue weighted by Gasteiger charge is -2.13. The van der Waals surface area contributed by atoms with Crippen LogP contribution in [0.5, 0.6) is 17.2 Å². The van der Waals surface area contributed by atoms with E-state index in [1.807, 2.05) is 26.0 Å². The minimum Gasteiger partial charge on any atom is -0.507 e. The van der Waals surface area contributed by atoms with Crippen LogP contribution in [0.1, 0.15) is 22.3 Å². The Balaban J connectivity index is 2.73. The number of hydrogen-bond donors (Lipinski definition) is 3. The van der Waals surface area contributed by atoms with E-state index in [1.165, 1.54) is 0 Å². The molecule has 2 rings (SSSR count). The maximum absolute atomic E-state index is 10.2. The molecule has 0 atom stereocenters. The van der Waals surface area contributed by atoms with Gasteiger partial charge in [0.25, 0.3) is 0 Å². The number of phenols is 3. The molecule has 0 bridgehead atoms. The second kappa shape index (κ2) is 4.50. The Hall–Kier alpha value is -2.16. The Morgan fingerprint density at radius 2 is 1.11 bits per heavy atom. The van der Waals surface area contributed by atoms with Crippen molar-refractivity contribution in [3.05, 3.63) is 40.5 Å². The van der Waals surface area contributed by atoms with Crippen molar-refractivity contribution in [3.8, 4) is 28.4 Å². The van der Waals surface area contributed by atoms with E-state index in [1.54, 1.807) is 19.9 Å². The molecule has 0 aliphatic rings. The van der Waals surface area contributed by atoms with Gasteiger partial charge in [0.2, 0.25) is 0 Å². The van der Waals surface area contributed by atoms with Crippen LogP contribution in [-0.2, 0) is 0 Å². The first-order valence-electron chi connectivity index (χ1n) is 6.15. The van der Waals surface area contributed by atoms with Crippen molar-refractivity contribution < 1.29 is 15.3 Å². The van der Waals surface area contributed by atoms with Gasteiger partial charge in [0.1, 0.15) is 17.2 Å². The number of aromatic hydroxyl groups is 3. The van der Waals surface area contributed by atoms with Crippen molar-refractivity contribution in [2.75, 3.05) is 0 Å². The molecule has 19 heavy (non-hydrogen) atoms. The normalized spacial score (nSPS) is 10.7. The molecule has 2 aromatic rings. The van der Waals surface area contributed by atoms with Crippen LogP contribution < -0.4 is 0 Å². The van der Waals surface area contributed by atoms with Crippen LogP contribution in [0.15, 0.2) is 18.2 Å². The number of benzene rings is 2. The maximum Gasteiger partial charge on any atom is 0.130 e. The minimum absolute atomic E-state index is 0.0765. The van der Waals surface area contributed by atoms with Gasteiger partial charge in [-0.05, 0) is 68.1 Å². The molecule has 0 fully saturated rings. The zero-order valence-corrected chi connectivity index (χ0v) is 11.6. The van der Waals surface area contributed by atoms with Crippen LogP contribution in [0, 0.1) is 27.7 Å². The van der Waals surface area contributed by atoms with Gasteiger partial charge in [-0.25, -0.2) is 0 Å². The first-order chi connectivity index (χ1) is 8.82. The lowest BCUT2D eigenvalue weighted by Crippen LogP contribution is -1.89. The SMILES string of the molecule is Cc1cc(-c2cc(C)c(O)c(C)c2O)cc(C)c1O. The smallest absolute Gasteiger partial charge is 0.130 e. The van der Waals surface area contributed by atoms with Crippen LogP contribution in [0.3, 0.4) is 0 Å². The monoisotopic (exact) mass is 258 g/mol. The van der Waals surface area contributed by atoms with Gasteiger partial charge in [0.05, 0.1) is 0 Å². The highest BCUT2D eigenvalue weighted by atomic mass is 16.3. The minimum atomic E-state index is 0.0765. The fourth-order valence-electron chi connectivity index (χ4n) is 2.29. The summed E-state index contributed by atoms with van der Waals surface area (Å²) in [6.07, 6.45) is 0. The number of hydrogen-bond acceptors (Lipinski definition) is 3. The van der Waals surface area contributed by atoms with Crippen molar-refractivity contribution in [2.24, 2.45) is 0 Å². The van der Waals surface area contributed by atoms with Gasteiger partial charge >= 0.3 is 0 Å². The van der Waals surface area contributed by atoms with E-state index in [4.69, 9.17) is 0 Å². The Labute approximate surface area is 112 Å². The zero-order valence-electron chi connectivity index (χ0n) is 11.6. The second-order valence-corrected chi connectivity index (χ2v) is 5.02. The molecule has 0 aliphatic heterocycles. The largest absolute Gasteiger partial charge is 0.507 e. The summed E-state index contributed by atoms with van der Waals surface area (Å²) >= 11 is 0. The van der Waals surface area contributed by atoms with E-state index in [2.05, 4.69) is 0 Å². The molecule has 100 valence electrons. The molecule has 3 heteroatoms. The van der Waals surface area contributed by atoms with Crippen LogP contribution in [-0.4, -0.2) is 15.3 Å². The number of rotatable bonds is 1. The van der Waals surface area contributed by atoms with Gasteiger partial charge in [-0.2, -0.15) is 0 Å². The zero-order chi connectivity index (χ0) is 14.3. The number of aryl methyl sites for hydroxylation is 3. The highest BCUT2D eigenvalue weighted by molar-refractivity contribution is 5.76. The first-order valence-corrected chi connectivity index (χ1v) is 6.15. The summed E-state index contributed by atoms with van der Waals surface area (Å²) in [7, 11) is 0. The summed E-state index contributed by atoms with van der Waals surface area (Å²) in [6.45, 7) is 7.12. The molecule has 0 amide bonds. The van der Waals surface area contributed by atoms with Gasteiger partial charge in [-0.15, -0.1) is 0 Å². The summed E-state index contributed by atoms with van der Waals surface area (Å²) in [5.74, 6) is 0.469. The summed E-state index contributed by atoms with van der Waals surface area (Å²) in [5, 5.41) is 29.8. The van der Waals surface area contributed by atoms with Gasteiger partial charge in [-0.3, -0.25) is 0 Å². The van der Waals surface area contributed by atoms with Gasteiger partial charge < -0.3 is 15.3 Å². The first kappa shape index (κ1) is 13.3. The third kappa shape index (κ3) is 2.12. The molecular formula is C16H18O3. The molecule has 2 aromatic carbocycles. The highest BCUT2D eigenvalue weighted by Gasteiger charge is 2.14. The van der Waals surface area contributed by atoms with Crippen molar-refractivity contribution >= 4 is 0 Å². The van der Waals surface area contributed by atoms with Crippen molar-refractivity contribution in [1.29, 1.82) is 0 Å².